The number of carbonyl (C=O) groups excluding carboxylic acids is 1. The van der Waals surface area contributed by atoms with Crippen molar-refractivity contribution in [3.8, 4) is 0 Å². The molecule has 0 radical (unpaired) electrons. The molecule has 1 rings (SSSR count). The molecule has 4 heteroatoms. The van der Waals surface area contributed by atoms with Crippen molar-refractivity contribution in [3.63, 3.8) is 0 Å². The second-order valence-electron chi connectivity index (χ2n) is 4.06. The number of hydrogen-bond acceptors (Lipinski definition) is 3. The second kappa shape index (κ2) is 4.75. The standard InChI is InChI=1S/C10H20N2O2/c1-4-11-5-8(2)12(6-9(3)13)7-10(11)14/h8-9,13H,4-7H2,1-3H3. The van der Waals surface area contributed by atoms with E-state index in [1.165, 1.54) is 0 Å². The number of hydrogen-bond donors (Lipinski definition) is 1. The molecule has 0 spiro atoms. The molecule has 4 nitrogen and oxygen atoms in total. The largest absolute Gasteiger partial charge is 0.392 e. The van der Waals surface area contributed by atoms with Crippen LogP contribution in [-0.4, -0.2) is 59.1 Å². The lowest BCUT2D eigenvalue weighted by molar-refractivity contribution is -0.138. The van der Waals surface area contributed by atoms with Crippen molar-refractivity contribution >= 4 is 5.91 Å². The number of carbonyl (C=O) groups is 1. The molecule has 2 unspecified atom stereocenters. The predicted molar refractivity (Wildman–Crippen MR) is 55.0 cm³/mol. The van der Waals surface area contributed by atoms with E-state index in [4.69, 9.17) is 0 Å². The van der Waals surface area contributed by atoms with Crippen molar-refractivity contribution in [2.45, 2.75) is 32.9 Å². The van der Waals surface area contributed by atoms with Crippen LogP contribution in [-0.2, 0) is 4.79 Å². The van der Waals surface area contributed by atoms with Crippen molar-refractivity contribution in [2.75, 3.05) is 26.2 Å². The van der Waals surface area contributed by atoms with E-state index in [-0.39, 0.29) is 12.0 Å². The molecule has 2 atom stereocenters. The van der Waals surface area contributed by atoms with Gasteiger partial charge >= 0.3 is 0 Å². The Balaban J connectivity index is 2.53. The lowest BCUT2D eigenvalue weighted by Gasteiger charge is -2.39. The van der Waals surface area contributed by atoms with Crippen molar-refractivity contribution in [1.82, 2.24) is 9.80 Å². The molecule has 1 heterocycles. The molecule has 0 aromatic carbocycles. The third kappa shape index (κ3) is 2.69. The first kappa shape index (κ1) is 11.5. The molecule has 0 aromatic rings. The first-order valence-corrected chi connectivity index (χ1v) is 5.24. The van der Waals surface area contributed by atoms with E-state index in [1.807, 2.05) is 16.7 Å². The van der Waals surface area contributed by atoms with Crippen molar-refractivity contribution in [2.24, 2.45) is 0 Å². The van der Waals surface area contributed by atoms with Crippen molar-refractivity contribution in [1.29, 1.82) is 0 Å². The van der Waals surface area contributed by atoms with E-state index in [1.54, 1.807) is 6.92 Å². The first-order valence-electron chi connectivity index (χ1n) is 5.24. The Morgan fingerprint density at radius 3 is 2.79 bits per heavy atom. The highest BCUT2D eigenvalue weighted by molar-refractivity contribution is 5.79. The average Bonchev–Trinajstić information content (AvgIpc) is 2.10. The molecule has 0 aliphatic carbocycles. The summed E-state index contributed by atoms with van der Waals surface area (Å²) in [5.41, 5.74) is 0. The molecule has 0 bridgehead atoms. The molecule has 1 aliphatic heterocycles. The van der Waals surface area contributed by atoms with Crippen LogP contribution in [0.25, 0.3) is 0 Å². The van der Waals surface area contributed by atoms with Gasteiger partial charge in [0.25, 0.3) is 0 Å². The number of rotatable bonds is 3. The van der Waals surface area contributed by atoms with E-state index in [0.29, 0.717) is 19.1 Å². The minimum atomic E-state index is -0.363. The average molecular weight is 200 g/mol. The van der Waals surface area contributed by atoms with Gasteiger partial charge in [0.15, 0.2) is 0 Å². The van der Waals surface area contributed by atoms with Gasteiger partial charge in [0.05, 0.1) is 12.6 Å². The van der Waals surface area contributed by atoms with Gasteiger partial charge in [0.2, 0.25) is 5.91 Å². The fourth-order valence-corrected chi connectivity index (χ4v) is 1.86. The highest BCUT2D eigenvalue weighted by Crippen LogP contribution is 2.10. The third-order valence-electron chi connectivity index (χ3n) is 2.68. The molecular weight excluding hydrogens is 180 g/mol. The van der Waals surface area contributed by atoms with E-state index >= 15 is 0 Å². The molecule has 1 saturated heterocycles. The monoisotopic (exact) mass is 200 g/mol. The van der Waals surface area contributed by atoms with Crippen molar-refractivity contribution < 1.29 is 9.90 Å². The van der Waals surface area contributed by atoms with E-state index in [2.05, 4.69) is 6.92 Å². The van der Waals surface area contributed by atoms with Crippen LogP contribution in [0.2, 0.25) is 0 Å². The molecule has 1 N–H and O–H groups in total. The van der Waals surface area contributed by atoms with Crippen molar-refractivity contribution in [3.05, 3.63) is 0 Å². The number of β-amino-alcohol motifs (C(OH)–C–C–N with tert-alkyl or cyclic N) is 1. The number of likely N-dealkylation sites (N-methyl/N-ethyl adjacent to an activating group) is 1. The summed E-state index contributed by atoms with van der Waals surface area (Å²) in [6, 6.07) is 0.349. The number of aliphatic hydroxyl groups excluding tert-OH is 1. The number of piperazine rings is 1. The highest BCUT2D eigenvalue weighted by atomic mass is 16.3. The Bertz CT molecular complexity index is 206. The van der Waals surface area contributed by atoms with Crippen LogP contribution in [0.1, 0.15) is 20.8 Å². The van der Waals surface area contributed by atoms with Gasteiger partial charge in [-0.25, -0.2) is 0 Å². The van der Waals surface area contributed by atoms with Crippen LogP contribution >= 0.6 is 0 Å². The molecule has 0 aromatic heterocycles. The Kier molecular flexibility index (Phi) is 3.89. The van der Waals surface area contributed by atoms with E-state index < -0.39 is 0 Å². The van der Waals surface area contributed by atoms with Gasteiger partial charge in [-0.2, -0.15) is 0 Å². The molecule has 82 valence electrons. The quantitative estimate of drug-likeness (QED) is 0.693. The summed E-state index contributed by atoms with van der Waals surface area (Å²) in [6.07, 6.45) is -0.363. The maximum Gasteiger partial charge on any atom is 0.236 e. The minimum Gasteiger partial charge on any atom is -0.392 e. The summed E-state index contributed by atoms with van der Waals surface area (Å²) >= 11 is 0. The summed E-state index contributed by atoms with van der Waals surface area (Å²) in [5.74, 6) is 0.172. The third-order valence-corrected chi connectivity index (χ3v) is 2.68. The smallest absolute Gasteiger partial charge is 0.236 e. The molecule has 1 fully saturated rings. The summed E-state index contributed by atoms with van der Waals surface area (Å²) in [7, 11) is 0. The van der Waals surface area contributed by atoms with Gasteiger partial charge in [0, 0.05) is 25.7 Å². The van der Waals surface area contributed by atoms with Gasteiger partial charge in [0.1, 0.15) is 0 Å². The summed E-state index contributed by atoms with van der Waals surface area (Å²) in [5, 5.41) is 9.27. The van der Waals surface area contributed by atoms with Crippen LogP contribution in [0.5, 0.6) is 0 Å². The van der Waals surface area contributed by atoms with Gasteiger partial charge < -0.3 is 10.0 Å². The van der Waals surface area contributed by atoms with Gasteiger partial charge in [-0.1, -0.05) is 0 Å². The fourth-order valence-electron chi connectivity index (χ4n) is 1.86. The highest BCUT2D eigenvalue weighted by Gasteiger charge is 2.28. The van der Waals surface area contributed by atoms with Crippen LogP contribution in [0.15, 0.2) is 0 Å². The molecule has 1 amide bonds. The number of nitrogens with zero attached hydrogens (tertiary/aromatic N) is 2. The van der Waals surface area contributed by atoms with Crippen LogP contribution in [0.4, 0.5) is 0 Å². The minimum absolute atomic E-state index is 0.172. The number of amides is 1. The van der Waals surface area contributed by atoms with Crippen LogP contribution in [0, 0.1) is 0 Å². The zero-order valence-corrected chi connectivity index (χ0v) is 9.23. The van der Waals surface area contributed by atoms with E-state index in [0.717, 1.165) is 13.1 Å². The lowest BCUT2D eigenvalue weighted by Crippen LogP contribution is -2.56. The predicted octanol–water partition coefficient (Wildman–Crippen LogP) is -0.0802. The topological polar surface area (TPSA) is 43.8 Å². The summed E-state index contributed by atoms with van der Waals surface area (Å²) < 4.78 is 0. The lowest BCUT2D eigenvalue weighted by atomic mass is 10.1. The molecule has 14 heavy (non-hydrogen) atoms. The van der Waals surface area contributed by atoms with Gasteiger partial charge in [-0.15, -0.1) is 0 Å². The second-order valence-corrected chi connectivity index (χ2v) is 4.06. The first-order chi connectivity index (χ1) is 6.54. The normalized spacial score (nSPS) is 26.7. The summed E-state index contributed by atoms with van der Waals surface area (Å²) in [4.78, 5) is 15.5. The van der Waals surface area contributed by atoms with E-state index in [9.17, 15) is 9.90 Å². The maximum absolute atomic E-state index is 11.6. The Hall–Kier alpha value is -0.610. The van der Waals surface area contributed by atoms with Crippen LogP contribution in [0.3, 0.4) is 0 Å². The maximum atomic E-state index is 11.6. The Morgan fingerprint density at radius 2 is 2.29 bits per heavy atom. The fraction of sp³-hybridized carbons (Fsp3) is 0.900. The zero-order chi connectivity index (χ0) is 10.7. The molecule has 0 saturated carbocycles. The summed E-state index contributed by atoms with van der Waals surface area (Å²) in [6.45, 7) is 8.44. The Morgan fingerprint density at radius 1 is 1.64 bits per heavy atom. The zero-order valence-electron chi connectivity index (χ0n) is 9.23. The number of aliphatic hydroxyl groups is 1. The SMILES string of the molecule is CCN1CC(C)N(CC(C)O)CC1=O. The molecule has 1 aliphatic rings. The van der Waals surface area contributed by atoms with Crippen LogP contribution < -0.4 is 0 Å². The van der Waals surface area contributed by atoms with Gasteiger partial charge in [-0.3, -0.25) is 9.69 Å². The Labute approximate surface area is 85.5 Å². The molecular formula is C10H20N2O2. The van der Waals surface area contributed by atoms with Gasteiger partial charge in [-0.05, 0) is 20.8 Å².